The molecule has 0 radical (unpaired) electrons. The number of carbonyl (C=O) groups is 1. The van der Waals surface area contributed by atoms with Gasteiger partial charge in [0.2, 0.25) is 5.91 Å². The van der Waals surface area contributed by atoms with Crippen molar-refractivity contribution in [1.29, 1.82) is 0 Å². The van der Waals surface area contributed by atoms with E-state index in [1.54, 1.807) is 19.5 Å². The van der Waals surface area contributed by atoms with Crippen molar-refractivity contribution in [2.45, 2.75) is 39.0 Å². The molecule has 8 heteroatoms. The molecule has 38 heavy (non-hydrogen) atoms. The van der Waals surface area contributed by atoms with E-state index >= 15 is 0 Å². The van der Waals surface area contributed by atoms with Gasteiger partial charge in [0.25, 0.3) is 0 Å². The van der Waals surface area contributed by atoms with E-state index in [2.05, 4.69) is 23.0 Å². The molecular weight excluding hydrogens is 482 g/mol. The number of piperidine rings is 1. The number of rotatable bonds is 8. The molecule has 0 atom stereocenters. The second-order valence-corrected chi connectivity index (χ2v) is 10.6. The van der Waals surface area contributed by atoms with Gasteiger partial charge in [0.05, 0.1) is 44.3 Å². The van der Waals surface area contributed by atoms with E-state index in [9.17, 15) is 4.79 Å². The number of aromatic nitrogens is 2. The Morgan fingerprint density at radius 2 is 1.95 bits per heavy atom. The highest BCUT2D eigenvalue weighted by Gasteiger charge is 2.41. The van der Waals surface area contributed by atoms with Crippen LogP contribution in [0.3, 0.4) is 0 Å². The molecular formula is C30H33N3O5. The standard InChI is InChI=1S/C30H33N3O5/c1-20-12-21-14-22(17-32-24(21)13-20)38-26-5-8-31-25-16-28(27(35-2)15-23(25)26)37-11-3-4-29(34)33-9-6-30(7-10-33)18-36-19-30/h5,8,12,14-17H,3-4,6-7,9-11,13,18-19H2,1-2H3. The molecule has 3 aromatic rings. The topological polar surface area (TPSA) is 83.0 Å². The quantitative estimate of drug-likeness (QED) is 0.382. The molecule has 1 aromatic carbocycles. The Morgan fingerprint density at radius 3 is 2.71 bits per heavy atom. The maximum Gasteiger partial charge on any atom is 0.222 e. The van der Waals surface area contributed by atoms with Crippen molar-refractivity contribution in [2.24, 2.45) is 5.41 Å². The van der Waals surface area contributed by atoms with Gasteiger partial charge < -0.3 is 23.8 Å². The molecule has 198 valence electrons. The smallest absolute Gasteiger partial charge is 0.222 e. The van der Waals surface area contributed by atoms with Crippen LogP contribution in [0, 0.1) is 5.41 Å². The summed E-state index contributed by atoms with van der Waals surface area (Å²) in [7, 11) is 1.61. The average Bonchev–Trinajstić information content (AvgIpc) is 3.29. The van der Waals surface area contributed by atoms with Gasteiger partial charge >= 0.3 is 0 Å². The fourth-order valence-electron chi connectivity index (χ4n) is 5.49. The lowest BCUT2D eigenvalue weighted by atomic mass is 9.77. The van der Waals surface area contributed by atoms with E-state index < -0.39 is 0 Å². The van der Waals surface area contributed by atoms with Crippen molar-refractivity contribution in [3.8, 4) is 23.0 Å². The van der Waals surface area contributed by atoms with Crippen LogP contribution in [0.4, 0.5) is 0 Å². The van der Waals surface area contributed by atoms with Crippen LogP contribution in [0.25, 0.3) is 17.0 Å². The summed E-state index contributed by atoms with van der Waals surface area (Å²) in [5, 5.41) is 0.818. The Bertz CT molecular complexity index is 1390. The Kier molecular flexibility index (Phi) is 6.66. The number of amides is 1. The summed E-state index contributed by atoms with van der Waals surface area (Å²) >= 11 is 0. The zero-order chi connectivity index (χ0) is 26.1. The van der Waals surface area contributed by atoms with Crippen molar-refractivity contribution in [1.82, 2.24) is 14.9 Å². The molecule has 0 bridgehead atoms. The van der Waals surface area contributed by atoms with Gasteiger partial charge in [-0.2, -0.15) is 0 Å². The number of hydrogen-bond donors (Lipinski definition) is 0. The molecule has 1 aliphatic carbocycles. The molecule has 4 heterocycles. The van der Waals surface area contributed by atoms with Gasteiger partial charge in [0, 0.05) is 49.0 Å². The monoisotopic (exact) mass is 515 g/mol. The third-order valence-corrected chi connectivity index (χ3v) is 7.83. The van der Waals surface area contributed by atoms with Gasteiger partial charge in [0.15, 0.2) is 11.5 Å². The van der Waals surface area contributed by atoms with Crippen molar-refractivity contribution in [2.75, 3.05) is 40.0 Å². The van der Waals surface area contributed by atoms with Crippen LogP contribution in [0.1, 0.15) is 43.9 Å². The van der Waals surface area contributed by atoms with E-state index in [1.807, 2.05) is 29.2 Å². The second-order valence-electron chi connectivity index (χ2n) is 10.6. The molecule has 8 nitrogen and oxygen atoms in total. The Morgan fingerprint density at radius 1 is 1.11 bits per heavy atom. The number of ether oxygens (including phenoxy) is 4. The van der Waals surface area contributed by atoms with E-state index in [1.165, 1.54) is 5.57 Å². The van der Waals surface area contributed by atoms with E-state index in [-0.39, 0.29) is 5.91 Å². The number of fused-ring (bicyclic) bond motifs is 2. The van der Waals surface area contributed by atoms with Gasteiger partial charge in [-0.25, -0.2) is 0 Å². The summed E-state index contributed by atoms with van der Waals surface area (Å²) in [5.74, 6) is 2.74. The number of nitrogens with zero attached hydrogens (tertiary/aromatic N) is 3. The molecule has 2 aromatic heterocycles. The van der Waals surface area contributed by atoms with Gasteiger partial charge in [-0.05, 0) is 49.9 Å². The average molecular weight is 516 g/mol. The Hall–Kier alpha value is -3.65. The number of pyridine rings is 2. The first-order chi connectivity index (χ1) is 18.5. The zero-order valence-corrected chi connectivity index (χ0v) is 22.0. The first kappa shape index (κ1) is 24.7. The fraction of sp³-hybridized carbons (Fsp3) is 0.433. The van der Waals surface area contributed by atoms with Crippen LogP contribution < -0.4 is 14.2 Å². The molecule has 0 unspecified atom stereocenters. The number of carbonyl (C=O) groups excluding carboxylic acids is 1. The third-order valence-electron chi connectivity index (χ3n) is 7.83. The molecule has 2 aliphatic heterocycles. The number of likely N-dealkylation sites (tertiary alicyclic amines) is 1. The molecule has 0 saturated carbocycles. The minimum Gasteiger partial charge on any atom is -0.493 e. The lowest BCUT2D eigenvalue weighted by molar-refractivity contribution is -0.153. The maximum absolute atomic E-state index is 12.7. The minimum absolute atomic E-state index is 0.198. The van der Waals surface area contributed by atoms with Crippen LogP contribution >= 0.6 is 0 Å². The summed E-state index contributed by atoms with van der Waals surface area (Å²) < 4.78 is 23.3. The molecule has 2 fully saturated rings. The predicted octanol–water partition coefficient (Wildman–Crippen LogP) is 5.19. The fourth-order valence-corrected chi connectivity index (χ4v) is 5.49. The van der Waals surface area contributed by atoms with E-state index in [4.69, 9.17) is 18.9 Å². The number of methoxy groups -OCH3 is 1. The predicted molar refractivity (Wildman–Crippen MR) is 144 cm³/mol. The maximum atomic E-state index is 12.7. The van der Waals surface area contributed by atoms with Crippen LogP contribution in [0.2, 0.25) is 0 Å². The van der Waals surface area contributed by atoms with Crippen LogP contribution in [0.5, 0.6) is 23.0 Å². The van der Waals surface area contributed by atoms with Crippen molar-refractivity contribution < 1.29 is 23.7 Å². The normalized spacial score (nSPS) is 17.6. The van der Waals surface area contributed by atoms with Gasteiger partial charge in [0.1, 0.15) is 11.5 Å². The van der Waals surface area contributed by atoms with Crippen LogP contribution in [0.15, 0.2) is 42.2 Å². The summed E-state index contributed by atoms with van der Waals surface area (Å²) in [5.41, 5.74) is 4.54. The molecule has 1 spiro atoms. The number of benzene rings is 1. The molecule has 2 saturated heterocycles. The summed E-state index contributed by atoms with van der Waals surface area (Å²) in [4.78, 5) is 23.7. The first-order valence-corrected chi connectivity index (χ1v) is 13.3. The molecule has 6 rings (SSSR count). The summed E-state index contributed by atoms with van der Waals surface area (Å²) in [6, 6.07) is 7.60. The lowest BCUT2D eigenvalue weighted by Crippen LogP contribution is -2.52. The zero-order valence-electron chi connectivity index (χ0n) is 22.0. The van der Waals surface area contributed by atoms with Crippen molar-refractivity contribution in [3.05, 3.63) is 53.5 Å². The third kappa shape index (κ3) is 4.92. The van der Waals surface area contributed by atoms with Crippen LogP contribution in [-0.2, 0) is 16.0 Å². The minimum atomic E-state index is 0.198. The van der Waals surface area contributed by atoms with Crippen molar-refractivity contribution >= 4 is 22.9 Å². The molecule has 0 N–H and O–H groups in total. The number of hydrogen-bond acceptors (Lipinski definition) is 7. The Labute approximate surface area is 222 Å². The second kappa shape index (κ2) is 10.3. The highest BCUT2D eigenvalue weighted by atomic mass is 16.5. The first-order valence-electron chi connectivity index (χ1n) is 13.3. The van der Waals surface area contributed by atoms with Gasteiger partial charge in [-0.1, -0.05) is 11.6 Å². The Balaban J connectivity index is 1.09. The van der Waals surface area contributed by atoms with E-state index in [0.29, 0.717) is 47.9 Å². The van der Waals surface area contributed by atoms with Crippen molar-refractivity contribution in [3.63, 3.8) is 0 Å². The van der Waals surface area contributed by atoms with Gasteiger partial charge in [-0.3, -0.25) is 14.8 Å². The molecule has 3 aliphatic rings. The molecule has 1 amide bonds. The van der Waals surface area contributed by atoms with Gasteiger partial charge in [-0.15, -0.1) is 0 Å². The highest BCUT2D eigenvalue weighted by molar-refractivity contribution is 5.88. The highest BCUT2D eigenvalue weighted by Crippen LogP contribution is 2.39. The van der Waals surface area contributed by atoms with E-state index in [0.717, 1.165) is 67.7 Å². The summed E-state index contributed by atoms with van der Waals surface area (Å²) in [6.07, 6.45) is 9.71. The number of allylic oxidation sites excluding steroid dienone is 1. The lowest BCUT2D eigenvalue weighted by Gasteiger charge is -2.47. The van der Waals surface area contributed by atoms with Crippen LogP contribution in [-0.4, -0.2) is 60.8 Å². The largest absolute Gasteiger partial charge is 0.493 e. The SMILES string of the molecule is COc1cc2c(Oc3cnc4c(c3)C=C(C)C4)ccnc2cc1OCCCC(=O)N1CCC2(CC1)COC2. The summed E-state index contributed by atoms with van der Waals surface area (Å²) in [6.45, 7) is 5.88.